The molecule has 8 heteroatoms. The molecule has 2 aromatic heterocycles. The molecule has 0 aromatic carbocycles. The first-order valence-corrected chi connectivity index (χ1v) is 7.09. The van der Waals surface area contributed by atoms with Gasteiger partial charge in [0.25, 0.3) is 5.56 Å². The molecule has 0 saturated carbocycles. The molecule has 0 bridgehead atoms. The number of H-pyrrole nitrogens is 1. The van der Waals surface area contributed by atoms with Crippen LogP contribution in [-0.4, -0.2) is 40.7 Å². The Morgan fingerprint density at radius 3 is 2.95 bits per heavy atom. The number of anilines is 1. The minimum atomic E-state index is -0.256. The summed E-state index contributed by atoms with van der Waals surface area (Å²) in [6.45, 7) is 5.27. The van der Waals surface area contributed by atoms with Gasteiger partial charge in [0.05, 0.1) is 17.9 Å². The molecule has 0 atom stereocenters. The van der Waals surface area contributed by atoms with E-state index in [0.29, 0.717) is 28.9 Å². The Labute approximate surface area is 120 Å². The zero-order valence-electron chi connectivity index (χ0n) is 11.6. The van der Waals surface area contributed by atoms with E-state index >= 15 is 0 Å². The van der Waals surface area contributed by atoms with E-state index in [2.05, 4.69) is 25.7 Å². The minimum Gasteiger partial charge on any atom is -0.383 e. The van der Waals surface area contributed by atoms with Crippen LogP contribution in [0, 0.1) is 0 Å². The van der Waals surface area contributed by atoms with E-state index < -0.39 is 0 Å². The van der Waals surface area contributed by atoms with Crippen molar-refractivity contribution in [2.24, 2.45) is 0 Å². The fourth-order valence-electron chi connectivity index (χ4n) is 1.54. The average Bonchev–Trinajstić information content (AvgIpc) is 2.88. The van der Waals surface area contributed by atoms with Gasteiger partial charge in [-0.05, 0) is 12.0 Å². The molecule has 0 unspecified atom stereocenters. The zero-order valence-corrected chi connectivity index (χ0v) is 12.5. The van der Waals surface area contributed by atoms with E-state index in [1.807, 2.05) is 13.8 Å². The monoisotopic (exact) mass is 295 g/mol. The highest BCUT2D eigenvalue weighted by Crippen LogP contribution is 2.24. The van der Waals surface area contributed by atoms with Crippen molar-refractivity contribution in [3.63, 3.8) is 0 Å². The van der Waals surface area contributed by atoms with Crippen molar-refractivity contribution in [2.75, 3.05) is 25.6 Å². The van der Waals surface area contributed by atoms with Gasteiger partial charge in [-0.1, -0.05) is 25.2 Å². The molecule has 7 nitrogen and oxygen atoms in total. The quantitative estimate of drug-likeness (QED) is 0.784. The highest BCUT2D eigenvalue weighted by Gasteiger charge is 2.13. The fraction of sp³-hybridized carbons (Fsp3) is 0.500. The third-order valence-corrected chi connectivity index (χ3v) is 3.57. The van der Waals surface area contributed by atoms with Crippen LogP contribution < -0.4 is 10.9 Å². The highest BCUT2D eigenvalue weighted by atomic mass is 32.1. The van der Waals surface area contributed by atoms with Gasteiger partial charge < -0.3 is 10.1 Å². The summed E-state index contributed by atoms with van der Waals surface area (Å²) in [4.78, 5) is 11.8. The number of nitrogens with zero attached hydrogens (tertiary/aromatic N) is 3. The van der Waals surface area contributed by atoms with Crippen LogP contribution in [-0.2, 0) is 4.74 Å². The van der Waals surface area contributed by atoms with Crippen LogP contribution in [0.4, 0.5) is 5.13 Å². The number of nitrogens with one attached hydrogen (secondary N) is 2. The van der Waals surface area contributed by atoms with Crippen LogP contribution in [0.1, 0.15) is 25.5 Å². The summed E-state index contributed by atoms with van der Waals surface area (Å²) in [5.74, 6) is 0.234. The number of methoxy groups -OCH3 is 1. The van der Waals surface area contributed by atoms with E-state index in [4.69, 9.17) is 4.74 Å². The van der Waals surface area contributed by atoms with Gasteiger partial charge in [-0.3, -0.25) is 4.79 Å². The van der Waals surface area contributed by atoms with Gasteiger partial charge in [0, 0.05) is 13.7 Å². The molecule has 0 aliphatic rings. The Bertz CT molecular complexity index is 622. The summed E-state index contributed by atoms with van der Waals surface area (Å²) >= 11 is 1.33. The third kappa shape index (κ3) is 3.40. The molecule has 0 radical (unpaired) electrons. The van der Waals surface area contributed by atoms with E-state index in [9.17, 15) is 4.79 Å². The maximum atomic E-state index is 11.8. The molecule has 2 N–H and O–H groups in total. The molecule has 2 rings (SSSR count). The SMILES string of the molecule is COCCNc1nnc(-c2cc(C(C)C)n[nH]c2=O)s1. The summed E-state index contributed by atoms with van der Waals surface area (Å²) in [6, 6.07) is 1.77. The smallest absolute Gasteiger partial charge is 0.274 e. The second-order valence-corrected chi connectivity index (χ2v) is 5.50. The molecule has 0 saturated heterocycles. The van der Waals surface area contributed by atoms with E-state index in [0.717, 1.165) is 5.69 Å². The van der Waals surface area contributed by atoms with Crippen LogP contribution >= 0.6 is 11.3 Å². The zero-order chi connectivity index (χ0) is 14.5. The lowest BCUT2D eigenvalue weighted by molar-refractivity contribution is 0.211. The van der Waals surface area contributed by atoms with Gasteiger partial charge in [-0.15, -0.1) is 10.2 Å². The number of ether oxygens (including phenoxy) is 1. The molecule has 108 valence electrons. The van der Waals surface area contributed by atoms with Gasteiger partial charge in [0.2, 0.25) is 5.13 Å². The summed E-state index contributed by atoms with van der Waals surface area (Å²) < 4.78 is 4.95. The minimum absolute atomic E-state index is 0.234. The summed E-state index contributed by atoms with van der Waals surface area (Å²) in [6.07, 6.45) is 0. The predicted octanol–water partition coefficient (Wildman–Crippen LogP) is 1.47. The highest BCUT2D eigenvalue weighted by molar-refractivity contribution is 7.18. The Hall–Kier alpha value is -1.80. The Kier molecular flexibility index (Phi) is 4.80. The van der Waals surface area contributed by atoms with Crippen molar-refractivity contribution in [3.05, 3.63) is 22.1 Å². The normalized spacial score (nSPS) is 11.0. The number of aromatic amines is 1. The molecule has 20 heavy (non-hydrogen) atoms. The van der Waals surface area contributed by atoms with Gasteiger partial charge in [-0.2, -0.15) is 5.10 Å². The van der Waals surface area contributed by atoms with Crippen molar-refractivity contribution >= 4 is 16.5 Å². The average molecular weight is 295 g/mol. The number of hydrogen-bond acceptors (Lipinski definition) is 7. The van der Waals surface area contributed by atoms with Gasteiger partial charge in [-0.25, -0.2) is 5.10 Å². The molecular formula is C12H17N5O2S. The standard InChI is InChI=1S/C12H17N5O2S/c1-7(2)9-6-8(10(18)15-14-9)11-16-17-12(20-11)13-4-5-19-3/h6-7H,4-5H2,1-3H3,(H,13,17)(H,15,18). The summed E-state index contributed by atoms with van der Waals surface area (Å²) in [5, 5.41) is 18.9. The van der Waals surface area contributed by atoms with Crippen LogP contribution in [0.5, 0.6) is 0 Å². The van der Waals surface area contributed by atoms with Gasteiger partial charge >= 0.3 is 0 Å². The van der Waals surface area contributed by atoms with Crippen molar-refractivity contribution in [3.8, 4) is 10.6 Å². The first kappa shape index (κ1) is 14.6. The second-order valence-electron chi connectivity index (χ2n) is 4.52. The molecule has 0 spiro atoms. The maximum absolute atomic E-state index is 11.8. The molecule has 0 amide bonds. The van der Waals surface area contributed by atoms with E-state index in [1.165, 1.54) is 11.3 Å². The van der Waals surface area contributed by atoms with Crippen LogP contribution in [0.3, 0.4) is 0 Å². The Morgan fingerprint density at radius 2 is 2.25 bits per heavy atom. The van der Waals surface area contributed by atoms with E-state index in [-0.39, 0.29) is 11.5 Å². The molecular weight excluding hydrogens is 278 g/mol. The first-order valence-electron chi connectivity index (χ1n) is 6.28. The van der Waals surface area contributed by atoms with Crippen LogP contribution in [0.25, 0.3) is 10.6 Å². The van der Waals surface area contributed by atoms with Gasteiger partial charge in [0.1, 0.15) is 0 Å². The predicted molar refractivity (Wildman–Crippen MR) is 78.2 cm³/mol. The first-order chi connectivity index (χ1) is 9.61. The number of hydrogen-bond donors (Lipinski definition) is 2. The van der Waals surface area contributed by atoms with Crippen LogP contribution in [0.2, 0.25) is 0 Å². The van der Waals surface area contributed by atoms with Gasteiger partial charge in [0.15, 0.2) is 5.01 Å². The lowest BCUT2D eigenvalue weighted by atomic mass is 10.1. The Morgan fingerprint density at radius 1 is 1.45 bits per heavy atom. The molecule has 2 aromatic rings. The third-order valence-electron chi connectivity index (χ3n) is 2.65. The van der Waals surface area contributed by atoms with E-state index in [1.54, 1.807) is 13.2 Å². The summed E-state index contributed by atoms with van der Waals surface area (Å²) in [5.41, 5.74) is 1.07. The van der Waals surface area contributed by atoms with Crippen molar-refractivity contribution in [2.45, 2.75) is 19.8 Å². The van der Waals surface area contributed by atoms with Crippen LogP contribution in [0.15, 0.2) is 10.9 Å². The van der Waals surface area contributed by atoms with Crippen molar-refractivity contribution in [1.82, 2.24) is 20.4 Å². The topological polar surface area (TPSA) is 92.8 Å². The molecule has 0 aliphatic heterocycles. The molecule has 0 aliphatic carbocycles. The second kappa shape index (κ2) is 6.58. The lowest BCUT2D eigenvalue weighted by Gasteiger charge is -2.03. The molecule has 0 fully saturated rings. The Balaban J connectivity index is 2.23. The van der Waals surface area contributed by atoms with Crippen molar-refractivity contribution < 1.29 is 4.74 Å². The fourth-order valence-corrected chi connectivity index (χ4v) is 2.32. The largest absolute Gasteiger partial charge is 0.383 e. The number of rotatable bonds is 6. The lowest BCUT2D eigenvalue weighted by Crippen LogP contribution is -2.13. The summed E-state index contributed by atoms with van der Waals surface area (Å²) in [7, 11) is 1.64. The number of aromatic nitrogens is 4. The maximum Gasteiger partial charge on any atom is 0.274 e. The molecule has 2 heterocycles. The van der Waals surface area contributed by atoms with Crippen molar-refractivity contribution in [1.29, 1.82) is 0 Å².